The Labute approximate surface area is 108 Å². The molecule has 0 rings (SSSR count). The largest absolute Gasteiger partial charge is 0 e. The molecule has 0 unspecified atom stereocenters. The zero-order valence-electron chi connectivity index (χ0n) is 1.52. The zero-order valence-corrected chi connectivity index (χ0v) is 8.75. The average Bonchev–Trinajstić information content (AvgIpc) is 1.00. The molecule has 0 atom stereocenters. The molecular weight excluding hydrogens is 461 g/mol. The molecule has 1 radical (unpaired) electrons. The fourth-order valence-electron chi connectivity index (χ4n) is 0. The molecule has 0 amide bonds. The second-order valence-electron chi connectivity index (χ2n) is 0. The van der Waals surface area contributed by atoms with E-state index < -0.39 is 0 Å². The van der Waals surface area contributed by atoms with Gasteiger partial charge in [-0.25, -0.2) is 0 Å². The van der Waals surface area contributed by atoms with E-state index in [2.05, 4.69) is 0 Å². The van der Waals surface area contributed by atoms with E-state index in [1.165, 1.54) is 0 Å². The first kappa shape index (κ1) is 15.7. The van der Waals surface area contributed by atoms with Crippen molar-refractivity contribution in [1.82, 2.24) is 0 Å². The minimum atomic E-state index is 0. The molecule has 4 heavy (non-hydrogen) atoms. The third-order valence-corrected chi connectivity index (χ3v) is 0. The van der Waals surface area contributed by atoms with Crippen molar-refractivity contribution < 1.29 is 104 Å². The summed E-state index contributed by atoms with van der Waals surface area (Å²) in [5.74, 6) is 0. The van der Waals surface area contributed by atoms with Crippen molar-refractivity contribution in [2.24, 2.45) is 0 Å². The summed E-state index contributed by atoms with van der Waals surface area (Å²) < 4.78 is 0. The van der Waals surface area contributed by atoms with Crippen LogP contribution in [0.3, 0.4) is 0 Å². The van der Waals surface area contributed by atoms with Crippen molar-refractivity contribution in [3.05, 3.63) is 0 Å². The Bertz CT molecular complexity index is 8.00. The third kappa shape index (κ3) is 9.30. The van der Waals surface area contributed by atoms with Crippen LogP contribution in [0.5, 0.6) is 0 Å². The zero-order chi connectivity index (χ0) is 2.00. The Hall–Kier alpha value is 3.87. The molecule has 0 heterocycles. The van der Waals surface area contributed by atoms with Gasteiger partial charge in [-0.1, -0.05) is 0 Å². The summed E-state index contributed by atoms with van der Waals surface area (Å²) in [6.07, 6.45) is 0. The molecule has 0 aliphatic rings. The Morgan fingerprint density at radius 3 is 1.25 bits per heavy atom. The van der Waals surface area contributed by atoms with Crippen molar-refractivity contribution in [1.29, 1.82) is 0 Å². The van der Waals surface area contributed by atoms with Gasteiger partial charge in [0.05, 0.1) is 0 Å². The van der Waals surface area contributed by atoms with Crippen LogP contribution < -0.4 is 0 Å². The van der Waals surface area contributed by atoms with Gasteiger partial charge in [0.2, 0.25) is 0 Å². The van der Waals surface area contributed by atoms with E-state index in [-0.39, 0.29) is 74.2 Å². The molecule has 0 saturated carbocycles. The van der Waals surface area contributed by atoms with Crippen molar-refractivity contribution >= 4 is 7.33 Å². The summed E-state index contributed by atoms with van der Waals surface area (Å²) in [5, 5.41) is 0. The van der Waals surface area contributed by atoms with Crippen molar-refractivity contribution in [2.45, 2.75) is 0 Å². The molecular formula is ClErTmY. The number of halogens is 1. The molecule has 0 fully saturated rings. The van der Waals surface area contributed by atoms with Gasteiger partial charge in [0.1, 0.15) is 0 Å². The standard InChI is InChI=1S/ClH.Er.Tm.Y/h1H;;;/q;;;+1/p-1. The van der Waals surface area contributed by atoms with Gasteiger partial charge in [-0.2, -0.15) is 0 Å². The smallest absolute Gasteiger partial charge is 0 e. The maximum absolute atomic E-state index is 4.77. The second-order valence-corrected chi connectivity index (χ2v) is 0. The fourth-order valence-corrected chi connectivity index (χ4v) is 0. The summed E-state index contributed by atoms with van der Waals surface area (Å²) in [5.41, 5.74) is 0. The first-order chi connectivity index (χ1) is 1.00. The van der Waals surface area contributed by atoms with Gasteiger partial charge in [-0.15, -0.1) is 0 Å². The maximum atomic E-state index is 4.77. The van der Waals surface area contributed by atoms with E-state index in [9.17, 15) is 0 Å². The fraction of sp³-hybridized carbons (Fsp3) is 0. The predicted octanol–water partition coefficient (Wildman–Crippen LogP) is 0.687. The van der Waals surface area contributed by atoms with E-state index >= 15 is 0 Å². The summed E-state index contributed by atoms with van der Waals surface area (Å²) >= 11 is 0.822. The summed E-state index contributed by atoms with van der Waals surface area (Å²) in [6.45, 7) is 0. The first-order valence-corrected chi connectivity index (χ1v) is 3.87. The quantitative estimate of drug-likeness (QED) is 0.499. The monoisotopic (exact) mass is 459 g/mol. The Balaban J connectivity index is -0.00000000500. The van der Waals surface area contributed by atoms with Gasteiger partial charge in [-0.05, 0) is 0 Å². The Morgan fingerprint density at radius 2 is 1.25 bits per heavy atom. The molecule has 0 nitrogen and oxygen atoms in total. The van der Waals surface area contributed by atoms with Gasteiger partial charge in [0.15, 0.2) is 0 Å². The van der Waals surface area contributed by atoms with Crippen LogP contribution in [0.15, 0.2) is 0 Å². The van der Waals surface area contributed by atoms with Crippen LogP contribution in [0, 0.1) is 74.2 Å². The summed E-state index contributed by atoms with van der Waals surface area (Å²) in [6, 6.07) is 0. The molecule has 0 aliphatic heterocycles. The molecule has 0 bridgehead atoms. The first-order valence-electron chi connectivity index (χ1n) is 0.218. The van der Waals surface area contributed by atoms with Gasteiger partial charge in [-0.3, -0.25) is 0 Å². The van der Waals surface area contributed by atoms with Crippen molar-refractivity contribution in [3.8, 4) is 0 Å². The summed E-state index contributed by atoms with van der Waals surface area (Å²) in [7, 11) is 4.77. The Kier molecular flexibility index (Phi) is 61.9. The van der Waals surface area contributed by atoms with E-state index in [1.54, 1.807) is 0 Å². The van der Waals surface area contributed by atoms with Crippen LogP contribution in [-0.2, 0) is 29.6 Å². The number of hydrogen-bond acceptors (Lipinski definition) is 0. The van der Waals surface area contributed by atoms with Crippen LogP contribution in [0.4, 0.5) is 0 Å². The van der Waals surface area contributed by atoms with Crippen LogP contribution in [-0.4, -0.2) is 0 Å². The molecule has 0 spiro atoms. The molecule has 0 aromatic carbocycles. The normalized spacial score (nSPS) is 1.00. The second kappa shape index (κ2) is 15.8. The molecule has 0 aromatic rings. The molecule has 4 heteroatoms. The van der Waals surface area contributed by atoms with E-state index in [4.69, 9.17) is 7.33 Å². The van der Waals surface area contributed by atoms with Gasteiger partial charge in [0, 0.05) is 74.2 Å². The minimum absolute atomic E-state index is 0. The molecule has 0 saturated heterocycles. The SMILES string of the molecule is [Cl][Y].[Er].[Tm]. The predicted molar refractivity (Wildman–Crippen MR) is 5.85 cm³/mol. The molecule has 0 N–H and O–H groups in total. The molecule has 0 aliphatic carbocycles. The van der Waals surface area contributed by atoms with Crippen LogP contribution in [0.1, 0.15) is 0 Å². The average molecular weight is 461 g/mol. The van der Waals surface area contributed by atoms with Crippen molar-refractivity contribution in [3.63, 3.8) is 0 Å². The van der Waals surface area contributed by atoms with Gasteiger partial charge >= 0.3 is 36.9 Å². The molecule has 0 aromatic heterocycles. The molecule has 35 valence electrons. The van der Waals surface area contributed by atoms with E-state index in [0.29, 0.717) is 0 Å². The Morgan fingerprint density at radius 1 is 1.25 bits per heavy atom. The van der Waals surface area contributed by atoms with Crippen molar-refractivity contribution in [2.75, 3.05) is 0 Å². The van der Waals surface area contributed by atoms with E-state index in [1.807, 2.05) is 0 Å². The van der Waals surface area contributed by atoms with E-state index in [0.717, 1.165) is 29.6 Å². The maximum Gasteiger partial charge on any atom is 0 e. The van der Waals surface area contributed by atoms with Crippen LogP contribution in [0.2, 0.25) is 0 Å². The van der Waals surface area contributed by atoms with Crippen LogP contribution >= 0.6 is 7.33 Å². The topological polar surface area (TPSA) is 0 Å². The third-order valence-electron chi connectivity index (χ3n) is 0. The number of rotatable bonds is 0. The minimum Gasteiger partial charge on any atom is 0 e. The number of hydrogen-bond donors (Lipinski definition) is 0. The van der Waals surface area contributed by atoms with Gasteiger partial charge < -0.3 is 0 Å². The van der Waals surface area contributed by atoms with Crippen LogP contribution in [0.25, 0.3) is 0 Å². The summed E-state index contributed by atoms with van der Waals surface area (Å²) in [4.78, 5) is 0. The van der Waals surface area contributed by atoms with Gasteiger partial charge in [0.25, 0.3) is 0 Å².